The van der Waals surface area contributed by atoms with Gasteiger partial charge >= 0.3 is 0 Å². The Hall–Kier alpha value is -1.10. The third-order valence-electron chi connectivity index (χ3n) is 4.20. The van der Waals surface area contributed by atoms with Gasteiger partial charge in [0.1, 0.15) is 12.1 Å². The molecule has 0 aromatic carbocycles. The van der Waals surface area contributed by atoms with Gasteiger partial charge in [-0.3, -0.25) is 9.59 Å². The van der Waals surface area contributed by atoms with Crippen molar-refractivity contribution in [2.45, 2.75) is 45.3 Å². The van der Waals surface area contributed by atoms with Gasteiger partial charge in [0, 0.05) is 12.6 Å². The minimum Gasteiger partial charge on any atom is -0.343 e. The van der Waals surface area contributed by atoms with E-state index in [-0.39, 0.29) is 29.9 Å². The van der Waals surface area contributed by atoms with Gasteiger partial charge in [0.05, 0.1) is 0 Å². The Kier molecular flexibility index (Phi) is 3.61. The number of carbonyl (C=O) groups excluding carboxylic acids is 2. The van der Waals surface area contributed by atoms with Gasteiger partial charge in [-0.05, 0) is 39.8 Å². The number of likely N-dealkylation sites (tertiary alicyclic amines) is 1. The smallest absolute Gasteiger partial charge is 0.245 e. The molecular formula is C13H23N3O2. The minimum absolute atomic E-state index is 0.0340. The number of piperidine rings is 1. The highest BCUT2D eigenvalue weighted by atomic mass is 16.2. The number of amides is 2. The van der Waals surface area contributed by atoms with Crippen molar-refractivity contribution in [2.24, 2.45) is 5.92 Å². The van der Waals surface area contributed by atoms with Crippen LogP contribution in [-0.4, -0.2) is 59.9 Å². The number of hydrogen-bond acceptors (Lipinski definition) is 3. The van der Waals surface area contributed by atoms with E-state index in [0.717, 1.165) is 19.5 Å². The SMILES string of the molecule is CC1NC(=O)C(C)N(C2CCN(C)CC2C)C1=O. The monoisotopic (exact) mass is 253 g/mol. The zero-order valence-electron chi connectivity index (χ0n) is 11.6. The number of carbonyl (C=O) groups is 2. The molecule has 4 unspecified atom stereocenters. The van der Waals surface area contributed by atoms with E-state index < -0.39 is 0 Å². The lowest BCUT2D eigenvalue weighted by Gasteiger charge is -2.46. The first-order valence-electron chi connectivity index (χ1n) is 6.73. The number of nitrogens with one attached hydrogen (secondary N) is 1. The van der Waals surface area contributed by atoms with Gasteiger partial charge in [0.2, 0.25) is 11.8 Å². The van der Waals surface area contributed by atoms with E-state index in [4.69, 9.17) is 0 Å². The largest absolute Gasteiger partial charge is 0.343 e. The molecule has 102 valence electrons. The van der Waals surface area contributed by atoms with Gasteiger partial charge in [-0.15, -0.1) is 0 Å². The summed E-state index contributed by atoms with van der Waals surface area (Å²) in [4.78, 5) is 28.3. The molecule has 0 radical (unpaired) electrons. The molecule has 2 aliphatic rings. The number of piperazine rings is 1. The lowest BCUT2D eigenvalue weighted by Crippen LogP contribution is -2.66. The second kappa shape index (κ2) is 4.88. The first-order chi connectivity index (χ1) is 8.41. The molecule has 0 bridgehead atoms. The molecule has 4 atom stereocenters. The predicted molar refractivity (Wildman–Crippen MR) is 69.0 cm³/mol. The number of nitrogens with zero attached hydrogens (tertiary/aromatic N) is 2. The summed E-state index contributed by atoms with van der Waals surface area (Å²) in [5.74, 6) is 0.435. The maximum absolute atomic E-state index is 12.3. The Balaban J connectivity index is 2.19. The number of hydrogen-bond donors (Lipinski definition) is 1. The lowest BCUT2D eigenvalue weighted by atomic mass is 9.90. The van der Waals surface area contributed by atoms with Crippen LogP contribution in [0, 0.1) is 5.92 Å². The van der Waals surface area contributed by atoms with Gasteiger partial charge in [0.25, 0.3) is 0 Å². The molecular weight excluding hydrogens is 230 g/mol. The van der Waals surface area contributed by atoms with Crippen molar-refractivity contribution in [2.75, 3.05) is 20.1 Å². The average molecular weight is 253 g/mol. The van der Waals surface area contributed by atoms with Crippen LogP contribution in [0.5, 0.6) is 0 Å². The van der Waals surface area contributed by atoms with Crippen LogP contribution < -0.4 is 5.32 Å². The molecule has 2 rings (SSSR count). The Morgan fingerprint density at radius 1 is 1.22 bits per heavy atom. The average Bonchev–Trinajstić information content (AvgIpc) is 2.29. The van der Waals surface area contributed by atoms with Crippen LogP contribution in [0.3, 0.4) is 0 Å². The fraction of sp³-hybridized carbons (Fsp3) is 0.846. The fourth-order valence-corrected chi connectivity index (χ4v) is 3.14. The van der Waals surface area contributed by atoms with Crippen molar-refractivity contribution in [1.29, 1.82) is 0 Å². The van der Waals surface area contributed by atoms with Crippen molar-refractivity contribution in [3.05, 3.63) is 0 Å². The maximum Gasteiger partial charge on any atom is 0.245 e. The minimum atomic E-state index is -0.388. The van der Waals surface area contributed by atoms with E-state index in [9.17, 15) is 9.59 Å². The summed E-state index contributed by atoms with van der Waals surface area (Å²) in [5.41, 5.74) is 0. The molecule has 0 aromatic rings. The van der Waals surface area contributed by atoms with Gasteiger partial charge in [-0.25, -0.2) is 0 Å². The Labute approximate surface area is 108 Å². The second-order valence-electron chi connectivity index (χ2n) is 5.75. The third-order valence-corrected chi connectivity index (χ3v) is 4.20. The number of rotatable bonds is 1. The molecule has 5 heteroatoms. The van der Waals surface area contributed by atoms with Crippen LogP contribution in [0.15, 0.2) is 0 Å². The molecule has 0 spiro atoms. The highest BCUT2D eigenvalue weighted by Crippen LogP contribution is 2.25. The van der Waals surface area contributed by atoms with E-state index in [0.29, 0.717) is 5.92 Å². The van der Waals surface area contributed by atoms with Gasteiger partial charge in [-0.2, -0.15) is 0 Å². The Bertz CT molecular complexity index is 358. The van der Waals surface area contributed by atoms with E-state index in [1.54, 1.807) is 6.92 Å². The van der Waals surface area contributed by atoms with E-state index in [1.165, 1.54) is 0 Å². The lowest BCUT2D eigenvalue weighted by molar-refractivity contribution is -0.153. The predicted octanol–water partition coefficient (Wildman–Crippen LogP) is 0.0620. The zero-order valence-corrected chi connectivity index (χ0v) is 11.6. The highest BCUT2D eigenvalue weighted by molar-refractivity contribution is 5.96. The van der Waals surface area contributed by atoms with Crippen LogP contribution in [0.1, 0.15) is 27.2 Å². The van der Waals surface area contributed by atoms with Crippen molar-refractivity contribution in [1.82, 2.24) is 15.1 Å². The molecule has 1 N–H and O–H groups in total. The molecule has 0 aliphatic carbocycles. The van der Waals surface area contributed by atoms with Crippen molar-refractivity contribution >= 4 is 11.8 Å². The van der Waals surface area contributed by atoms with Crippen molar-refractivity contribution in [3.8, 4) is 0 Å². The van der Waals surface area contributed by atoms with Crippen molar-refractivity contribution < 1.29 is 9.59 Å². The van der Waals surface area contributed by atoms with Gasteiger partial charge in [0.15, 0.2) is 0 Å². The second-order valence-corrected chi connectivity index (χ2v) is 5.75. The summed E-state index contributed by atoms with van der Waals surface area (Å²) in [6.45, 7) is 7.72. The molecule has 2 saturated heterocycles. The maximum atomic E-state index is 12.3. The van der Waals surface area contributed by atoms with Crippen LogP contribution >= 0.6 is 0 Å². The van der Waals surface area contributed by atoms with Crippen molar-refractivity contribution in [3.63, 3.8) is 0 Å². The topological polar surface area (TPSA) is 52.7 Å². The summed E-state index contributed by atoms with van der Waals surface area (Å²) in [7, 11) is 2.10. The first-order valence-corrected chi connectivity index (χ1v) is 6.73. The summed E-state index contributed by atoms with van der Waals surface area (Å²) >= 11 is 0. The quantitative estimate of drug-likeness (QED) is 0.719. The standard InChI is InChI=1S/C13H23N3O2/c1-8-7-15(4)6-5-11(8)16-10(3)12(17)14-9(2)13(16)18/h8-11H,5-7H2,1-4H3,(H,14,17). The van der Waals surface area contributed by atoms with Crippen LogP contribution in [0.4, 0.5) is 0 Å². The normalized spacial score (nSPS) is 38.8. The molecule has 0 aromatic heterocycles. The zero-order chi connectivity index (χ0) is 13.4. The fourth-order valence-electron chi connectivity index (χ4n) is 3.14. The van der Waals surface area contributed by atoms with E-state index >= 15 is 0 Å². The van der Waals surface area contributed by atoms with Gasteiger partial charge < -0.3 is 15.1 Å². The Morgan fingerprint density at radius 3 is 2.50 bits per heavy atom. The molecule has 5 nitrogen and oxygen atoms in total. The highest BCUT2D eigenvalue weighted by Gasteiger charge is 2.42. The van der Waals surface area contributed by atoms with Crippen LogP contribution in [-0.2, 0) is 9.59 Å². The summed E-state index contributed by atoms with van der Waals surface area (Å²) in [6, 6.07) is -0.540. The molecule has 2 amide bonds. The molecule has 0 saturated carbocycles. The summed E-state index contributed by atoms with van der Waals surface area (Å²) in [5, 5.41) is 2.73. The van der Waals surface area contributed by atoms with Crippen LogP contribution in [0.25, 0.3) is 0 Å². The molecule has 18 heavy (non-hydrogen) atoms. The summed E-state index contributed by atoms with van der Waals surface area (Å²) in [6.07, 6.45) is 0.952. The van der Waals surface area contributed by atoms with E-state index in [1.807, 2.05) is 11.8 Å². The third kappa shape index (κ3) is 2.23. The molecule has 2 heterocycles. The Morgan fingerprint density at radius 2 is 1.89 bits per heavy atom. The van der Waals surface area contributed by atoms with Gasteiger partial charge in [-0.1, -0.05) is 6.92 Å². The first kappa shape index (κ1) is 13.3. The van der Waals surface area contributed by atoms with Crippen LogP contribution in [0.2, 0.25) is 0 Å². The molecule has 2 fully saturated rings. The summed E-state index contributed by atoms with van der Waals surface area (Å²) < 4.78 is 0. The van der Waals surface area contributed by atoms with E-state index in [2.05, 4.69) is 24.2 Å². The molecule has 2 aliphatic heterocycles.